The van der Waals surface area contributed by atoms with E-state index >= 15 is 0 Å². The van der Waals surface area contributed by atoms with E-state index in [4.69, 9.17) is 10.5 Å². The van der Waals surface area contributed by atoms with Crippen molar-refractivity contribution in [2.75, 3.05) is 33.4 Å². The molecule has 1 fully saturated rings. The molecule has 0 aliphatic carbocycles. The summed E-state index contributed by atoms with van der Waals surface area (Å²) in [6.45, 7) is 3.16. The van der Waals surface area contributed by atoms with Crippen LogP contribution in [0.4, 0.5) is 0 Å². The van der Waals surface area contributed by atoms with E-state index in [1.54, 1.807) is 6.20 Å². The normalized spacial score (nSPS) is 16.2. The van der Waals surface area contributed by atoms with Gasteiger partial charge < -0.3 is 20.1 Å². The van der Waals surface area contributed by atoms with Gasteiger partial charge in [0.2, 0.25) is 0 Å². The first kappa shape index (κ1) is 14.3. The minimum absolute atomic E-state index is 0.0339. The third kappa shape index (κ3) is 3.92. The maximum absolute atomic E-state index is 11.1. The molecule has 0 bridgehead atoms. The van der Waals surface area contributed by atoms with Crippen molar-refractivity contribution in [1.82, 2.24) is 19.9 Å². The molecule has 110 valence electrons. The zero-order valence-electron chi connectivity index (χ0n) is 11.4. The Morgan fingerprint density at radius 3 is 3.00 bits per heavy atom. The van der Waals surface area contributed by atoms with Crippen LogP contribution in [-0.4, -0.2) is 65.2 Å². The Morgan fingerprint density at radius 1 is 1.55 bits per heavy atom. The Balaban J connectivity index is 1.88. The largest absolute Gasteiger partial charge is 0.468 e. The number of methoxy groups -OCH3 is 1. The van der Waals surface area contributed by atoms with Crippen molar-refractivity contribution >= 4 is 11.9 Å². The monoisotopic (exact) mass is 282 g/mol. The summed E-state index contributed by atoms with van der Waals surface area (Å²) in [5, 5.41) is 7.74. The first-order valence-corrected chi connectivity index (χ1v) is 6.27. The van der Waals surface area contributed by atoms with Crippen molar-refractivity contribution < 1.29 is 14.3 Å². The van der Waals surface area contributed by atoms with E-state index in [9.17, 15) is 4.79 Å². The topological polar surface area (TPSA) is 108 Å². The standard InChI is InChI=1S/C11H18N6O3/c1-19-10(18)8-17-7-9(14-15-17)6-13-11(12)16-2-4-20-5-3-16/h7H,2-6,8H2,1H3,(H2,12,13). The summed E-state index contributed by atoms with van der Waals surface area (Å²) in [6, 6.07) is 0. The molecular formula is C11H18N6O3. The fourth-order valence-corrected chi connectivity index (χ4v) is 1.74. The lowest BCUT2D eigenvalue weighted by Crippen LogP contribution is -2.44. The molecule has 1 saturated heterocycles. The quantitative estimate of drug-likeness (QED) is 0.411. The summed E-state index contributed by atoms with van der Waals surface area (Å²) in [5.74, 6) is 0.0913. The highest BCUT2D eigenvalue weighted by Crippen LogP contribution is 2.00. The predicted octanol–water partition coefficient (Wildman–Crippen LogP) is -1.40. The molecule has 1 aromatic rings. The van der Waals surface area contributed by atoms with E-state index in [2.05, 4.69) is 20.0 Å². The maximum atomic E-state index is 11.1. The number of nitrogens with zero attached hydrogens (tertiary/aromatic N) is 5. The molecule has 0 unspecified atom stereocenters. The molecule has 9 heteroatoms. The van der Waals surface area contributed by atoms with Gasteiger partial charge >= 0.3 is 5.97 Å². The predicted molar refractivity (Wildman–Crippen MR) is 69.8 cm³/mol. The highest BCUT2D eigenvalue weighted by Gasteiger charge is 2.12. The van der Waals surface area contributed by atoms with Gasteiger partial charge in [-0.05, 0) is 0 Å². The Hall–Kier alpha value is -2.16. The van der Waals surface area contributed by atoms with Crippen LogP contribution in [-0.2, 0) is 27.4 Å². The van der Waals surface area contributed by atoms with E-state index in [1.165, 1.54) is 11.8 Å². The Kier molecular flexibility index (Phi) is 4.88. The van der Waals surface area contributed by atoms with Gasteiger partial charge in [-0.3, -0.25) is 4.79 Å². The van der Waals surface area contributed by atoms with Crippen molar-refractivity contribution in [3.8, 4) is 0 Å². The van der Waals surface area contributed by atoms with Gasteiger partial charge in [-0.15, -0.1) is 5.10 Å². The van der Waals surface area contributed by atoms with Crippen LogP contribution in [0.15, 0.2) is 11.2 Å². The number of carbonyl (C=O) groups excluding carboxylic acids is 1. The number of aromatic nitrogens is 3. The van der Waals surface area contributed by atoms with Gasteiger partial charge in [0.05, 0.1) is 33.1 Å². The number of nitrogens with two attached hydrogens (primary N) is 1. The molecule has 0 aromatic carbocycles. The van der Waals surface area contributed by atoms with Gasteiger partial charge in [0.15, 0.2) is 5.96 Å². The van der Waals surface area contributed by atoms with Crippen LogP contribution < -0.4 is 5.73 Å². The molecule has 0 atom stereocenters. The second-order valence-corrected chi connectivity index (χ2v) is 4.26. The van der Waals surface area contributed by atoms with Crippen molar-refractivity contribution in [2.45, 2.75) is 13.1 Å². The molecule has 1 aliphatic heterocycles. The first-order chi connectivity index (χ1) is 9.69. The van der Waals surface area contributed by atoms with E-state index in [-0.39, 0.29) is 12.5 Å². The van der Waals surface area contributed by atoms with Crippen molar-refractivity contribution in [1.29, 1.82) is 0 Å². The molecule has 0 spiro atoms. The van der Waals surface area contributed by atoms with E-state index in [1.807, 2.05) is 4.90 Å². The summed E-state index contributed by atoms with van der Waals surface area (Å²) < 4.78 is 11.2. The summed E-state index contributed by atoms with van der Waals surface area (Å²) >= 11 is 0. The molecule has 2 rings (SSSR count). The van der Waals surface area contributed by atoms with E-state index in [0.717, 1.165) is 13.1 Å². The van der Waals surface area contributed by atoms with Gasteiger partial charge in [-0.1, -0.05) is 5.21 Å². The maximum Gasteiger partial charge on any atom is 0.327 e. The van der Waals surface area contributed by atoms with Gasteiger partial charge in [0.25, 0.3) is 0 Å². The van der Waals surface area contributed by atoms with Crippen molar-refractivity contribution in [3.05, 3.63) is 11.9 Å². The summed E-state index contributed by atoms with van der Waals surface area (Å²) in [7, 11) is 1.33. The van der Waals surface area contributed by atoms with E-state index < -0.39 is 0 Å². The van der Waals surface area contributed by atoms with Crippen LogP contribution >= 0.6 is 0 Å². The number of hydrogen-bond donors (Lipinski definition) is 1. The lowest BCUT2D eigenvalue weighted by molar-refractivity contribution is -0.141. The Morgan fingerprint density at radius 2 is 2.30 bits per heavy atom. The molecule has 0 amide bonds. The van der Waals surface area contributed by atoms with Gasteiger partial charge in [-0.25, -0.2) is 9.67 Å². The number of aliphatic imine (C=N–C) groups is 1. The van der Waals surface area contributed by atoms with Crippen molar-refractivity contribution in [2.24, 2.45) is 10.7 Å². The zero-order valence-corrected chi connectivity index (χ0v) is 11.4. The second-order valence-electron chi connectivity index (χ2n) is 4.26. The number of ether oxygens (including phenoxy) is 2. The van der Waals surface area contributed by atoms with Crippen LogP contribution in [0.5, 0.6) is 0 Å². The molecule has 1 aliphatic rings. The third-order valence-electron chi connectivity index (χ3n) is 2.84. The van der Waals surface area contributed by atoms with Gasteiger partial charge in [0.1, 0.15) is 12.2 Å². The average Bonchev–Trinajstić information content (AvgIpc) is 2.93. The third-order valence-corrected chi connectivity index (χ3v) is 2.84. The highest BCUT2D eigenvalue weighted by molar-refractivity contribution is 5.78. The molecule has 0 radical (unpaired) electrons. The lowest BCUT2D eigenvalue weighted by Gasteiger charge is -2.27. The Bertz CT molecular complexity index is 480. The number of hydrogen-bond acceptors (Lipinski definition) is 6. The minimum atomic E-state index is -0.377. The first-order valence-electron chi connectivity index (χ1n) is 6.27. The van der Waals surface area contributed by atoms with E-state index in [0.29, 0.717) is 31.4 Å². The van der Waals surface area contributed by atoms with Crippen LogP contribution in [0.1, 0.15) is 5.69 Å². The number of guanidine groups is 1. The molecule has 2 N–H and O–H groups in total. The fourth-order valence-electron chi connectivity index (χ4n) is 1.74. The number of carbonyl (C=O) groups is 1. The molecule has 1 aromatic heterocycles. The Labute approximate surface area is 116 Å². The van der Waals surface area contributed by atoms with Crippen molar-refractivity contribution in [3.63, 3.8) is 0 Å². The van der Waals surface area contributed by atoms with Crippen LogP contribution in [0.2, 0.25) is 0 Å². The number of rotatable bonds is 4. The minimum Gasteiger partial charge on any atom is -0.468 e. The molecule has 2 heterocycles. The van der Waals surface area contributed by atoms with Gasteiger partial charge in [-0.2, -0.15) is 0 Å². The van der Waals surface area contributed by atoms with Crippen LogP contribution in [0.3, 0.4) is 0 Å². The molecule has 0 saturated carbocycles. The average molecular weight is 282 g/mol. The van der Waals surface area contributed by atoms with Gasteiger partial charge in [0, 0.05) is 13.1 Å². The van der Waals surface area contributed by atoms with Crippen LogP contribution in [0, 0.1) is 0 Å². The van der Waals surface area contributed by atoms with Crippen LogP contribution in [0.25, 0.3) is 0 Å². The molecule has 20 heavy (non-hydrogen) atoms. The summed E-state index contributed by atoms with van der Waals surface area (Å²) in [6.07, 6.45) is 1.65. The number of esters is 1. The smallest absolute Gasteiger partial charge is 0.327 e. The lowest BCUT2D eigenvalue weighted by atomic mass is 10.4. The SMILES string of the molecule is COC(=O)Cn1cc(CN=C(N)N2CCOCC2)nn1. The summed E-state index contributed by atoms with van der Waals surface area (Å²) in [4.78, 5) is 17.3. The summed E-state index contributed by atoms with van der Waals surface area (Å²) in [5.41, 5.74) is 6.54. The fraction of sp³-hybridized carbons (Fsp3) is 0.636. The second kappa shape index (κ2) is 6.85. The highest BCUT2D eigenvalue weighted by atomic mass is 16.5. The zero-order chi connectivity index (χ0) is 14.4. The molecular weight excluding hydrogens is 264 g/mol. The molecule has 9 nitrogen and oxygen atoms in total. The number of morpholine rings is 1.